The molecule has 1 rings (SSSR count). The second-order valence-corrected chi connectivity index (χ2v) is 4.34. The summed E-state index contributed by atoms with van der Waals surface area (Å²) in [5, 5.41) is 3.24. The molecule has 114 valence electrons. The highest BCUT2D eigenvalue weighted by molar-refractivity contribution is 5.56. The van der Waals surface area contributed by atoms with Crippen molar-refractivity contribution in [1.29, 1.82) is 0 Å². The Bertz CT molecular complexity index is 409. The van der Waals surface area contributed by atoms with Crippen LogP contribution in [0.1, 0.15) is 24.9 Å². The summed E-state index contributed by atoms with van der Waals surface area (Å²) in [5.41, 5.74) is 0.990. The minimum Gasteiger partial charge on any atom is -0.493 e. The molecule has 0 saturated heterocycles. The Kier molecular flexibility index (Phi) is 7.18. The van der Waals surface area contributed by atoms with Crippen molar-refractivity contribution in [2.45, 2.75) is 19.4 Å². The van der Waals surface area contributed by atoms with Crippen LogP contribution in [0.25, 0.3) is 0 Å². The third-order valence-corrected chi connectivity index (χ3v) is 3.09. The summed E-state index contributed by atoms with van der Waals surface area (Å²) in [6.07, 6.45) is 1.000. The Morgan fingerprint density at radius 1 is 1.05 bits per heavy atom. The Hall–Kier alpha value is -1.46. The van der Waals surface area contributed by atoms with E-state index in [4.69, 9.17) is 18.9 Å². The van der Waals surface area contributed by atoms with Crippen LogP contribution in [-0.4, -0.2) is 41.6 Å². The maximum absolute atomic E-state index is 5.63. The minimum atomic E-state index is 0.0382. The SMILES string of the molecule is CCCOCC(NC)c1ccc(OC)c(OC)c1OC. The molecule has 0 fully saturated rings. The Balaban J connectivity index is 3.08. The van der Waals surface area contributed by atoms with Gasteiger partial charge in [-0.05, 0) is 25.6 Å². The molecule has 5 heteroatoms. The topological polar surface area (TPSA) is 49.0 Å². The van der Waals surface area contributed by atoms with Crippen LogP contribution in [0.5, 0.6) is 17.2 Å². The van der Waals surface area contributed by atoms with Gasteiger partial charge in [-0.3, -0.25) is 0 Å². The summed E-state index contributed by atoms with van der Waals surface area (Å²) in [7, 11) is 6.74. The van der Waals surface area contributed by atoms with Gasteiger partial charge in [-0.2, -0.15) is 0 Å². The first-order chi connectivity index (χ1) is 9.73. The molecule has 1 aromatic carbocycles. The first kappa shape index (κ1) is 16.6. The van der Waals surface area contributed by atoms with Crippen LogP contribution in [0.4, 0.5) is 0 Å². The predicted molar refractivity (Wildman–Crippen MR) is 79.0 cm³/mol. The van der Waals surface area contributed by atoms with E-state index in [1.165, 1.54) is 0 Å². The maximum Gasteiger partial charge on any atom is 0.203 e. The van der Waals surface area contributed by atoms with Crippen LogP contribution in [0.15, 0.2) is 12.1 Å². The quantitative estimate of drug-likeness (QED) is 0.705. The molecule has 1 unspecified atom stereocenters. The van der Waals surface area contributed by atoms with E-state index in [-0.39, 0.29) is 6.04 Å². The van der Waals surface area contributed by atoms with Crippen LogP contribution in [0, 0.1) is 0 Å². The van der Waals surface area contributed by atoms with Gasteiger partial charge in [0.15, 0.2) is 11.5 Å². The van der Waals surface area contributed by atoms with Gasteiger partial charge in [0.2, 0.25) is 5.75 Å². The predicted octanol–water partition coefficient (Wildman–Crippen LogP) is 2.40. The Labute approximate surface area is 121 Å². The van der Waals surface area contributed by atoms with Crippen molar-refractivity contribution >= 4 is 0 Å². The van der Waals surface area contributed by atoms with Gasteiger partial charge in [-0.1, -0.05) is 6.92 Å². The second-order valence-electron chi connectivity index (χ2n) is 4.34. The molecule has 0 saturated carbocycles. The minimum absolute atomic E-state index is 0.0382. The van der Waals surface area contributed by atoms with Crippen LogP contribution >= 0.6 is 0 Å². The van der Waals surface area contributed by atoms with Crippen LogP contribution in [0.3, 0.4) is 0 Å². The zero-order chi connectivity index (χ0) is 15.0. The molecule has 0 spiro atoms. The van der Waals surface area contributed by atoms with Gasteiger partial charge in [-0.15, -0.1) is 0 Å². The van der Waals surface area contributed by atoms with Crippen molar-refractivity contribution < 1.29 is 18.9 Å². The maximum atomic E-state index is 5.63. The lowest BCUT2D eigenvalue weighted by Crippen LogP contribution is -2.23. The third kappa shape index (κ3) is 3.77. The average Bonchev–Trinajstić information content (AvgIpc) is 2.50. The number of hydrogen-bond donors (Lipinski definition) is 1. The zero-order valence-corrected chi connectivity index (χ0v) is 13.0. The zero-order valence-electron chi connectivity index (χ0n) is 13.0. The number of rotatable bonds is 9. The second kappa shape index (κ2) is 8.66. The van der Waals surface area contributed by atoms with E-state index < -0.39 is 0 Å². The normalized spacial score (nSPS) is 12.1. The molecular weight excluding hydrogens is 258 g/mol. The monoisotopic (exact) mass is 283 g/mol. The molecule has 1 atom stereocenters. The molecule has 0 amide bonds. The van der Waals surface area contributed by atoms with Crippen molar-refractivity contribution in [2.24, 2.45) is 0 Å². The molecular formula is C15H25NO4. The molecule has 1 aromatic rings. The highest BCUT2D eigenvalue weighted by Crippen LogP contribution is 2.41. The summed E-state index contributed by atoms with van der Waals surface area (Å²) in [6, 6.07) is 3.88. The standard InChI is InChI=1S/C15H25NO4/c1-6-9-20-10-12(16-2)11-7-8-13(17-3)15(19-5)14(11)18-4/h7-8,12,16H,6,9-10H2,1-5H3. The lowest BCUT2D eigenvalue weighted by atomic mass is 10.1. The van der Waals surface area contributed by atoms with Gasteiger partial charge >= 0.3 is 0 Å². The summed E-state index contributed by atoms with van der Waals surface area (Å²) in [6.45, 7) is 3.41. The van der Waals surface area contributed by atoms with E-state index >= 15 is 0 Å². The van der Waals surface area contributed by atoms with Crippen LogP contribution in [0.2, 0.25) is 0 Å². The van der Waals surface area contributed by atoms with E-state index in [0.717, 1.165) is 18.6 Å². The van der Waals surface area contributed by atoms with Gasteiger partial charge in [0.1, 0.15) is 0 Å². The molecule has 0 radical (unpaired) electrons. The number of benzene rings is 1. The number of hydrogen-bond acceptors (Lipinski definition) is 5. The van der Waals surface area contributed by atoms with E-state index in [9.17, 15) is 0 Å². The number of nitrogens with one attached hydrogen (secondary N) is 1. The molecule has 0 aliphatic heterocycles. The fraction of sp³-hybridized carbons (Fsp3) is 0.600. The molecule has 0 aliphatic carbocycles. The largest absolute Gasteiger partial charge is 0.493 e. The molecule has 1 N–H and O–H groups in total. The Morgan fingerprint density at radius 3 is 2.25 bits per heavy atom. The Morgan fingerprint density at radius 2 is 1.75 bits per heavy atom. The summed E-state index contributed by atoms with van der Waals surface area (Å²) < 4.78 is 21.8. The highest BCUT2D eigenvalue weighted by atomic mass is 16.5. The number of likely N-dealkylation sites (N-methyl/N-ethyl adjacent to an activating group) is 1. The number of methoxy groups -OCH3 is 3. The van der Waals surface area contributed by atoms with Crippen molar-refractivity contribution in [3.05, 3.63) is 17.7 Å². The average molecular weight is 283 g/mol. The fourth-order valence-electron chi connectivity index (χ4n) is 2.07. The smallest absolute Gasteiger partial charge is 0.203 e. The van der Waals surface area contributed by atoms with E-state index in [0.29, 0.717) is 23.9 Å². The molecule has 0 heterocycles. The van der Waals surface area contributed by atoms with Gasteiger partial charge in [0.25, 0.3) is 0 Å². The van der Waals surface area contributed by atoms with Crippen molar-refractivity contribution in [1.82, 2.24) is 5.32 Å². The highest BCUT2D eigenvalue weighted by Gasteiger charge is 2.21. The van der Waals surface area contributed by atoms with E-state index in [1.807, 2.05) is 19.2 Å². The van der Waals surface area contributed by atoms with Crippen molar-refractivity contribution in [3.8, 4) is 17.2 Å². The number of ether oxygens (including phenoxy) is 4. The third-order valence-electron chi connectivity index (χ3n) is 3.09. The van der Waals surface area contributed by atoms with Crippen molar-refractivity contribution in [3.63, 3.8) is 0 Å². The summed E-state index contributed by atoms with van der Waals surface area (Å²) >= 11 is 0. The molecule has 0 aliphatic rings. The first-order valence-electron chi connectivity index (χ1n) is 6.77. The van der Waals surface area contributed by atoms with Crippen LogP contribution < -0.4 is 19.5 Å². The van der Waals surface area contributed by atoms with Crippen molar-refractivity contribution in [2.75, 3.05) is 41.6 Å². The van der Waals surface area contributed by atoms with Gasteiger partial charge in [0.05, 0.1) is 34.0 Å². The van der Waals surface area contributed by atoms with Gasteiger partial charge in [0, 0.05) is 12.2 Å². The van der Waals surface area contributed by atoms with E-state index in [2.05, 4.69) is 12.2 Å². The lowest BCUT2D eigenvalue weighted by molar-refractivity contribution is 0.113. The van der Waals surface area contributed by atoms with Gasteiger partial charge in [-0.25, -0.2) is 0 Å². The summed E-state index contributed by atoms with van der Waals surface area (Å²) in [5.74, 6) is 1.92. The summed E-state index contributed by atoms with van der Waals surface area (Å²) in [4.78, 5) is 0. The van der Waals surface area contributed by atoms with Gasteiger partial charge < -0.3 is 24.3 Å². The first-order valence-corrected chi connectivity index (χ1v) is 6.77. The molecule has 0 bridgehead atoms. The van der Waals surface area contributed by atoms with E-state index in [1.54, 1.807) is 21.3 Å². The molecule has 5 nitrogen and oxygen atoms in total. The molecule has 0 aromatic heterocycles. The lowest BCUT2D eigenvalue weighted by Gasteiger charge is -2.22. The molecule has 20 heavy (non-hydrogen) atoms. The van der Waals surface area contributed by atoms with Crippen LogP contribution in [-0.2, 0) is 4.74 Å². The fourth-order valence-corrected chi connectivity index (χ4v) is 2.07.